The molecule has 3 atom stereocenters. The number of hydrogen-bond donors (Lipinski definition) is 0. The Hall–Kier alpha value is -1.09. The van der Waals surface area contributed by atoms with Gasteiger partial charge in [-0.1, -0.05) is 135 Å². The zero-order valence-corrected chi connectivity index (χ0v) is 25.4. The summed E-state index contributed by atoms with van der Waals surface area (Å²) in [5.74, 6) is -0.0935. The molecule has 1 fully saturated rings. The van der Waals surface area contributed by atoms with Crippen molar-refractivity contribution in [2.75, 3.05) is 0 Å². The smallest absolute Gasteiger partial charge is 0.334 e. The summed E-state index contributed by atoms with van der Waals surface area (Å²) in [6.07, 6.45) is 41.2. The first-order valence-electron chi connectivity index (χ1n) is 16.9. The first-order chi connectivity index (χ1) is 18.7. The molecule has 0 N–H and O–H groups in total. The molecule has 2 aliphatic rings. The van der Waals surface area contributed by atoms with E-state index in [4.69, 9.17) is 9.47 Å². The van der Waals surface area contributed by atoms with Crippen LogP contribution in [-0.4, -0.2) is 24.3 Å². The maximum absolute atomic E-state index is 11.6. The van der Waals surface area contributed by atoms with Gasteiger partial charge in [-0.3, -0.25) is 0 Å². The normalized spacial score (nSPS) is 20.8. The molecule has 38 heavy (non-hydrogen) atoms. The highest BCUT2D eigenvalue weighted by molar-refractivity contribution is 5.90. The van der Waals surface area contributed by atoms with E-state index in [1.807, 2.05) is 13.0 Å². The predicted octanol–water partition coefficient (Wildman–Crippen LogP) is 11.0. The lowest BCUT2D eigenvalue weighted by Gasteiger charge is -2.03. The van der Waals surface area contributed by atoms with Crippen LogP contribution >= 0.6 is 0 Å². The first kappa shape index (κ1) is 33.1. The Kier molecular flexibility index (Phi) is 19.8. The van der Waals surface area contributed by atoms with E-state index in [0.717, 1.165) is 18.4 Å². The number of unbranched alkanes of at least 4 members (excludes halogenated alkanes) is 19. The number of allylic oxidation sites excluding steroid dienone is 2. The summed E-state index contributed by atoms with van der Waals surface area (Å²) in [7, 11) is 0. The third kappa shape index (κ3) is 17.5. The van der Waals surface area contributed by atoms with E-state index in [0.29, 0.717) is 12.2 Å². The van der Waals surface area contributed by atoms with Gasteiger partial charge in [-0.2, -0.15) is 0 Å². The minimum absolute atomic E-state index is 0.0205. The summed E-state index contributed by atoms with van der Waals surface area (Å²) in [6.45, 7) is 4.22. The van der Waals surface area contributed by atoms with Crippen molar-refractivity contribution in [1.29, 1.82) is 0 Å². The molecule has 220 valence electrons. The van der Waals surface area contributed by atoms with Gasteiger partial charge < -0.3 is 9.47 Å². The fourth-order valence-electron chi connectivity index (χ4n) is 5.82. The van der Waals surface area contributed by atoms with Gasteiger partial charge in [-0.05, 0) is 57.9 Å². The van der Waals surface area contributed by atoms with Crippen molar-refractivity contribution >= 4 is 5.97 Å². The average molecular weight is 531 g/mol. The minimum Gasteiger partial charge on any atom is -0.455 e. The molecule has 2 rings (SSSR count). The fraction of sp³-hybridized carbons (Fsp3) is 0.857. The Morgan fingerprint density at radius 2 is 1.13 bits per heavy atom. The van der Waals surface area contributed by atoms with Gasteiger partial charge >= 0.3 is 5.97 Å². The van der Waals surface area contributed by atoms with Crippen molar-refractivity contribution in [3.63, 3.8) is 0 Å². The van der Waals surface area contributed by atoms with Gasteiger partial charge in [0.2, 0.25) is 0 Å². The van der Waals surface area contributed by atoms with E-state index in [2.05, 4.69) is 19.1 Å². The van der Waals surface area contributed by atoms with Gasteiger partial charge in [0.05, 0.1) is 12.2 Å². The van der Waals surface area contributed by atoms with Crippen LogP contribution in [0.2, 0.25) is 0 Å². The summed E-state index contributed by atoms with van der Waals surface area (Å²) >= 11 is 0. The summed E-state index contributed by atoms with van der Waals surface area (Å²) in [5, 5.41) is 0. The second kappa shape index (κ2) is 22.7. The largest absolute Gasteiger partial charge is 0.455 e. The highest BCUT2D eigenvalue weighted by Gasteiger charge is 2.36. The van der Waals surface area contributed by atoms with Crippen LogP contribution in [0, 0.1) is 0 Å². The lowest BCUT2D eigenvalue weighted by atomic mass is 10.0. The molecule has 0 spiro atoms. The van der Waals surface area contributed by atoms with Crippen LogP contribution in [0.3, 0.4) is 0 Å². The van der Waals surface area contributed by atoms with Gasteiger partial charge in [0.15, 0.2) is 0 Å². The zero-order valence-electron chi connectivity index (χ0n) is 25.4. The van der Waals surface area contributed by atoms with E-state index in [1.165, 1.54) is 148 Å². The monoisotopic (exact) mass is 530 g/mol. The Bertz CT molecular complexity index is 637. The average Bonchev–Trinajstić information content (AvgIpc) is 3.58. The van der Waals surface area contributed by atoms with Gasteiger partial charge in [-0.15, -0.1) is 0 Å². The molecule has 2 aliphatic heterocycles. The van der Waals surface area contributed by atoms with E-state index in [-0.39, 0.29) is 12.1 Å². The zero-order chi connectivity index (χ0) is 27.1. The van der Waals surface area contributed by atoms with Crippen molar-refractivity contribution in [2.24, 2.45) is 0 Å². The van der Waals surface area contributed by atoms with Gasteiger partial charge in [0.25, 0.3) is 0 Å². The lowest BCUT2D eigenvalue weighted by molar-refractivity contribution is -0.139. The van der Waals surface area contributed by atoms with Crippen molar-refractivity contribution in [3.05, 3.63) is 23.8 Å². The molecule has 3 heteroatoms. The molecular formula is C35H62O3. The quantitative estimate of drug-likeness (QED) is 0.0459. The third-order valence-corrected chi connectivity index (χ3v) is 8.37. The number of hydrogen-bond acceptors (Lipinski definition) is 3. The van der Waals surface area contributed by atoms with Crippen molar-refractivity contribution < 1.29 is 14.3 Å². The molecule has 0 amide bonds. The molecule has 0 aromatic rings. The molecule has 3 nitrogen and oxygen atoms in total. The molecule has 0 saturated carbocycles. The van der Waals surface area contributed by atoms with Crippen LogP contribution in [0.1, 0.15) is 174 Å². The number of carbonyl (C=O) groups excluding carboxylic acids is 1. The number of epoxide rings is 1. The maximum atomic E-state index is 11.6. The molecule has 1 saturated heterocycles. The Morgan fingerprint density at radius 3 is 1.71 bits per heavy atom. The highest BCUT2D eigenvalue weighted by atomic mass is 16.6. The molecule has 1 unspecified atom stereocenters. The second-order valence-corrected chi connectivity index (χ2v) is 12.1. The number of esters is 1. The van der Waals surface area contributed by atoms with Gasteiger partial charge in [0.1, 0.15) is 6.10 Å². The highest BCUT2D eigenvalue weighted by Crippen LogP contribution is 2.31. The summed E-state index contributed by atoms with van der Waals surface area (Å²) in [5.41, 5.74) is 0.896. The van der Waals surface area contributed by atoms with Crippen LogP contribution in [0.25, 0.3) is 0 Å². The molecule has 2 heterocycles. The standard InChI is InChI=1S/C35H62O3/c1-3-4-5-6-7-8-16-19-22-25-28-33-34(38-33)29-26-23-20-17-14-12-10-9-11-13-15-18-21-24-27-32-30-31(2)37-35(32)36/h20,23,30-31,33-34H,3-19,21-22,24-29H2,1-2H3/b23-20-/t31?,33-,34+/m0/s1. The van der Waals surface area contributed by atoms with Crippen LogP contribution in [0.4, 0.5) is 0 Å². The summed E-state index contributed by atoms with van der Waals surface area (Å²) in [4.78, 5) is 11.6. The number of ether oxygens (including phenoxy) is 2. The molecule has 0 aromatic heterocycles. The number of rotatable bonds is 27. The molecule has 0 bridgehead atoms. The van der Waals surface area contributed by atoms with Crippen molar-refractivity contribution in [1.82, 2.24) is 0 Å². The Labute approximate surface area is 236 Å². The van der Waals surface area contributed by atoms with Crippen LogP contribution in [-0.2, 0) is 14.3 Å². The van der Waals surface area contributed by atoms with Gasteiger partial charge in [0, 0.05) is 5.57 Å². The van der Waals surface area contributed by atoms with E-state index in [1.54, 1.807) is 0 Å². The molecular weight excluding hydrogens is 468 g/mol. The topological polar surface area (TPSA) is 38.8 Å². The Balaban J connectivity index is 1.23. The van der Waals surface area contributed by atoms with E-state index in [9.17, 15) is 4.79 Å². The molecule has 0 aliphatic carbocycles. The number of carbonyl (C=O) groups is 1. The molecule has 0 radical (unpaired) electrons. The third-order valence-electron chi connectivity index (χ3n) is 8.37. The lowest BCUT2D eigenvalue weighted by Crippen LogP contribution is -2.03. The Morgan fingerprint density at radius 1 is 0.632 bits per heavy atom. The van der Waals surface area contributed by atoms with Crippen LogP contribution < -0.4 is 0 Å². The number of cyclic esters (lactones) is 1. The summed E-state index contributed by atoms with van der Waals surface area (Å²) in [6, 6.07) is 0. The van der Waals surface area contributed by atoms with Crippen LogP contribution in [0.5, 0.6) is 0 Å². The predicted molar refractivity (Wildman–Crippen MR) is 163 cm³/mol. The summed E-state index contributed by atoms with van der Waals surface area (Å²) < 4.78 is 11.0. The van der Waals surface area contributed by atoms with Crippen molar-refractivity contribution in [3.8, 4) is 0 Å². The second-order valence-electron chi connectivity index (χ2n) is 12.1. The van der Waals surface area contributed by atoms with Crippen molar-refractivity contribution in [2.45, 2.75) is 193 Å². The SMILES string of the molecule is CCCCCCCCCCCC[C@@H]1O[C@@H]1CC/C=C\CCCCCCCCCCCCC1=CC(C)OC1=O. The van der Waals surface area contributed by atoms with E-state index >= 15 is 0 Å². The molecule has 0 aromatic carbocycles. The first-order valence-corrected chi connectivity index (χ1v) is 16.9. The maximum Gasteiger partial charge on any atom is 0.334 e. The fourth-order valence-corrected chi connectivity index (χ4v) is 5.82. The van der Waals surface area contributed by atoms with Crippen LogP contribution in [0.15, 0.2) is 23.8 Å². The van der Waals surface area contributed by atoms with E-state index < -0.39 is 0 Å². The van der Waals surface area contributed by atoms with Gasteiger partial charge in [-0.25, -0.2) is 4.79 Å². The minimum atomic E-state index is -0.0935.